The molecule has 0 saturated carbocycles. The summed E-state index contributed by atoms with van der Waals surface area (Å²) < 4.78 is 0. The molecule has 1 aliphatic rings. The van der Waals surface area contributed by atoms with Crippen LogP contribution in [-0.2, 0) is 0 Å². The molecule has 1 aromatic rings. The van der Waals surface area contributed by atoms with Crippen molar-refractivity contribution in [1.82, 2.24) is 9.80 Å². The first-order valence-corrected chi connectivity index (χ1v) is 7.60. The van der Waals surface area contributed by atoms with Crippen LogP contribution in [0.1, 0.15) is 24.2 Å². The average Bonchev–Trinajstić information content (AvgIpc) is 2.46. The molecule has 0 fully saturated rings. The summed E-state index contributed by atoms with van der Waals surface area (Å²) in [4.78, 5) is 16.8. The Morgan fingerprint density at radius 2 is 1.90 bits per heavy atom. The summed E-state index contributed by atoms with van der Waals surface area (Å²) in [7, 11) is 4.06. The summed E-state index contributed by atoms with van der Waals surface area (Å²) in [6.45, 7) is 7.52. The molecule has 5 nitrogen and oxygen atoms in total. The standard InChI is InChI=1S/C16H26N4O/c1-5-20(12(2)11-19(3)4)16(21)13-6-7-14-15(10-13)18-9-8-17-14/h6-7,10,12,17-18H,5,8-9,11H2,1-4H3. The molecule has 1 atom stereocenters. The number of amides is 1. The van der Waals surface area contributed by atoms with Crippen molar-refractivity contribution in [2.24, 2.45) is 0 Å². The number of benzene rings is 1. The molecule has 0 bridgehead atoms. The van der Waals surface area contributed by atoms with E-state index in [0.29, 0.717) is 0 Å². The minimum absolute atomic E-state index is 0.0991. The Morgan fingerprint density at radius 1 is 1.24 bits per heavy atom. The Morgan fingerprint density at radius 3 is 2.52 bits per heavy atom. The molecule has 21 heavy (non-hydrogen) atoms. The van der Waals surface area contributed by atoms with Crippen LogP contribution in [0.25, 0.3) is 0 Å². The van der Waals surface area contributed by atoms with E-state index in [1.807, 2.05) is 44.1 Å². The third-order valence-corrected chi connectivity index (χ3v) is 3.79. The fourth-order valence-corrected chi connectivity index (χ4v) is 2.82. The van der Waals surface area contributed by atoms with E-state index < -0.39 is 0 Å². The van der Waals surface area contributed by atoms with Crippen molar-refractivity contribution in [3.63, 3.8) is 0 Å². The average molecular weight is 290 g/mol. The second kappa shape index (κ2) is 6.80. The summed E-state index contributed by atoms with van der Waals surface area (Å²) >= 11 is 0. The zero-order chi connectivity index (χ0) is 15.4. The van der Waals surface area contributed by atoms with Gasteiger partial charge in [-0.1, -0.05) is 0 Å². The highest BCUT2D eigenvalue weighted by Gasteiger charge is 2.21. The maximum atomic E-state index is 12.7. The zero-order valence-corrected chi connectivity index (χ0v) is 13.4. The van der Waals surface area contributed by atoms with E-state index in [1.54, 1.807) is 0 Å². The molecular formula is C16H26N4O. The normalized spacial score (nSPS) is 14.9. The second-order valence-electron chi connectivity index (χ2n) is 5.82. The summed E-state index contributed by atoms with van der Waals surface area (Å²) in [6.07, 6.45) is 0. The van der Waals surface area contributed by atoms with Crippen molar-refractivity contribution in [3.05, 3.63) is 23.8 Å². The number of hydrogen-bond donors (Lipinski definition) is 2. The quantitative estimate of drug-likeness (QED) is 0.870. The number of hydrogen-bond acceptors (Lipinski definition) is 4. The minimum atomic E-state index is 0.0991. The highest BCUT2D eigenvalue weighted by Crippen LogP contribution is 2.26. The predicted octanol–water partition coefficient (Wildman–Crippen LogP) is 1.94. The smallest absolute Gasteiger partial charge is 0.254 e. The van der Waals surface area contributed by atoms with Crippen LogP contribution in [0.2, 0.25) is 0 Å². The number of likely N-dealkylation sites (N-methyl/N-ethyl adjacent to an activating group) is 2. The van der Waals surface area contributed by atoms with E-state index >= 15 is 0 Å². The Balaban J connectivity index is 2.17. The molecule has 1 aliphatic heterocycles. The lowest BCUT2D eigenvalue weighted by molar-refractivity contribution is 0.0679. The Kier molecular flexibility index (Phi) is 5.07. The SMILES string of the molecule is CCN(C(=O)c1ccc2c(c1)NCCN2)C(C)CN(C)C. The van der Waals surface area contributed by atoms with Crippen LogP contribution in [0.4, 0.5) is 11.4 Å². The number of carbonyl (C=O) groups is 1. The maximum absolute atomic E-state index is 12.7. The van der Waals surface area contributed by atoms with Gasteiger partial charge in [-0.25, -0.2) is 0 Å². The Bertz CT molecular complexity index is 501. The van der Waals surface area contributed by atoms with Crippen LogP contribution in [0, 0.1) is 0 Å². The fraction of sp³-hybridized carbons (Fsp3) is 0.562. The van der Waals surface area contributed by atoms with Gasteiger partial charge in [0.1, 0.15) is 0 Å². The van der Waals surface area contributed by atoms with Gasteiger partial charge < -0.3 is 20.4 Å². The maximum Gasteiger partial charge on any atom is 0.254 e. The van der Waals surface area contributed by atoms with E-state index in [-0.39, 0.29) is 11.9 Å². The van der Waals surface area contributed by atoms with Gasteiger partial charge in [0.05, 0.1) is 11.4 Å². The molecule has 0 aromatic heterocycles. The third-order valence-electron chi connectivity index (χ3n) is 3.79. The van der Waals surface area contributed by atoms with Gasteiger partial charge in [-0.15, -0.1) is 0 Å². The van der Waals surface area contributed by atoms with Gasteiger partial charge in [-0.3, -0.25) is 4.79 Å². The number of anilines is 2. The first-order valence-electron chi connectivity index (χ1n) is 7.60. The number of rotatable bonds is 5. The number of nitrogens with zero attached hydrogens (tertiary/aromatic N) is 2. The van der Waals surface area contributed by atoms with Gasteiger partial charge >= 0.3 is 0 Å². The molecular weight excluding hydrogens is 264 g/mol. The molecule has 0 spiro atoms. The molecule has 116 valence electrons. The number of fused-ring (bicyclic) bond motifs is 1. The van der Waals surface area contributed by atoms with Gasteiger partial charge in [0.2, 0.25) is 0 Å². The minimum Gasteiger partial charge on any atom is -0.382 e. The molecule has 5 heteroatoms. The summed E-state index contributed by atoms with van der Waals surface area (Å²) in [6, 6.07) is 6.04. The van der Waals surface area contributed by atoms with Gasteiger partial charge in [0.25, 0.3) is 5.91 Å². The van der Waals surface area contributed by atoms with Crippen LogP contribution in [0.3, 0.4) is 0 Å². The first-order chi connectivity index (χ1) is 10.0. The molecule has 1 aromatic carbocycles. The van der Waals surface area contributed by atoms with Crippen molar-refractivity contribution < 1.29 is 4.79 Å². The van der Waals surface area contributed by atoms with Crippen LogP contribution >= 0.6 is 0 Å². The second-order valence-corrected chi connectivity index (χ2v) is 5.82. The van der Waals surface area contributed by atoms with Crippen LogP contribution < -0.4 is 10.6 Å². The highest BCUT2D eigenvalue weighted by atomic mass is 16.2. The van der Waals surface area contributed by atoms with E-state index in [2.05, 4.69) is 22.5 Å². The van der Waals surface area contributed by atoms with Crippen molar-refractivity contribution in [2.45, 2.75) is 19.9 Å². The van der Waals surface area contributed by atoms with Gasteiger partial charge in [-0.05, 0) is 46.1 Å². The summed E-state index contributed by atoms with van der Waals surface area (Å²) in [5.41, 5.74) is 2.84. The van der Waals surface area contributed by atoms with Crippen LogP contribution in [0.5, 0.6) is 0 Å². The molecule has 1 heterocycles. The monoisotopic (exact) mass is 290 g/mol. The fourth-order valence-electron chi connectivity index (χ4n) is 2.82. The van der Waals surface area contributed by atoms with Crippen LogP contribution in [0.15, 0.2) is 18.2 Å². The van der Waals surface area contributed by atoms with E-state index in [9.17, 15) is 4.79 Å². The summed E-state index contributed by atoms with van der Waals surface area (Å²) in [5.74, 6) is 0.0991. The van der Waals surface area contributed by atoms with Crippen molar-refractivity contribution in [2.75, 3.05) is 50.9 Å². The lowest BCUT2D eigenvalue weighted by atomic mass is 10.1. The molecule has 1 amide bonds. The first kappa shape index (κ1) is 15.6. The predicted molar refractivity (Wildman–Crippen MR) is 88.1 cm³/mol. The zero-order valence-electron chi connectivity index (χ0n) is 13.4. The molecule has 0 aliphatic carbocycles. The molecule has 0 radical (unpaired) electrons. The topological polar surface area (TPSA) is 47.6 Å². The van der Waals surface area contributed by atoms with E-state index in [4.69, 9.17) is 0 Å². The Hall–Kier alpha value is -1.75. The van der Waals surface area contributed by atoms with Gasteiger partial charge in [0, 0.05) is 37.8 Å². The molecule has 0 saturated heterocycles. The van der Waals surface area contributed by atoms with Crippen molar-refractivity contribution in [1.29, 1.82) is 0 Å². The van der Waals surface area contributed by atoms with E-state index in [1.165, 1.54) is 0 Å². The summed E-state index contributed by atoms with van der Waals surface area (Å²) in [5, 5.41) is 6.66. The van der Waals surface area contributed by atoms with Gasteiger partial charge in [-0.2, -0.15) is 0 Å². The van der Waals surface area contributed by atoms with Gasteiger partial charge in [0.15, 0.2) is 0 Å². The third kappa shape index (κ3) is 3.67. The molecule has 2 N–H and O–H groups in total. The lowest BCUT2D eigenvalue weighted by Crippen LogP contribution is -2.43. The van der Waals surface area contributed by atoms with E-state index in [0.717, 1.165) is 43.1 Å². The molecule has 1 unspecified atom stereocenters. The largest absolute Gasteiger partial charge is 0.382 e. The van der Waals surface area contributed by atoms with Crippen molar-refractivity contribution >= 4 is 17.3 Å². The number of nitrogens with one attached hydrogen (secondary N) is 2. The number of carbonyl (C=O) groups excluding carboxylic acids is 1. The van der Waals surface area contributed by atoms with Crippen molar-refractivity contribution in [3.8, 4) is 0 Å². The Labute approximate surface area is 127 Å². The molecule has 2 rings (SSSR count). The highest BCUT2D eigenvalue weighted by molar-refractivity contribution is 5.96. The lowest BCUT2D eigenvalue weighted by Gasteiger charge is -2.30. The van der Waals surface area contributed by atoms with Crippen LogP contribution in [-0.4, -0.2) is 62.0 Å².